The molecule has 194 valence electrons. The number of hydrogen-bond acceptors (Lipinski definition) is 6. The number of nitrogens with two attached hydrogens (primary N) is 1. The van der Waals surface area contributed by atoms with Gasteiger partial charge in [0.25, 0.3) is 10.1 Å². The van der Waals surface area contributed by atoms with Crippen LogP contribution in [0.25, 0.3) is 16.9 Å². The molecule has 0 amide bonds. The highest BCUT2D eigenvalue weighted by Gasteiger charge is 2.36. The van der Waals surface area contributed by atoms with Crippen LogP contribution in [0.2, 0.25) is 0 Å². The van der Waals surface area contributed by atoms with Gasteiger partial charge in [0.15, 0.2) is 11.3 Å². The van der Waals surface area contributed by atoms with Crippen LogP contribution in [-0.4, -0.2) is 38.8 Å². The molecule has 0 aliphatic heterocycles. The van der Waals surface area contributed by atoms with Crippen molar-refractivity contribution in [1.29, 1.82) is 0 Å². The number of fused-ring (bicyclic) bond motifs is 1. The standard InChI is InChI=1S/C21H11F6N5.CH4O3S/c22-20(23,24)15-6-4-13(5-7-15)16-9-17(21(25,26)27)32-19(31-16)14(11-30-32)3-1-12-2-8-18(28)29-10-12;1-5(2,3)4/h2,4-11H,(H2,28,29);1H3,(H,2,3,4). The van der Waals surface area contributed by atoms with Crippen LogP contribution in [0.15, 0.2) is 54.9 Å². The summed E-state index contributed by atoms with van der Waals surface area (Å²) in [6, 6.07) is 7.50. The molecule has 0 bridgehead atoms. The fourth-order valence-corrected chi connectivity index (χ4v) is 2.85. The van der Waals surface area contributed by atoms with Gasteiger partial charge in [-0.05, 0) is 30.3 Å². The molecule has 4 aromatic rings. The van der Waals surface area contributed by atoms with Gasteiger partial charge < -0.3 is 5.73 Å². The fourth-order valence-electron chi connectivity index (χ4n) is 2.85. The summed E-state index contributed by atoms with van der Waals surface area (Å²) >= 11 is 0. The average molecular weight is 543 g/mol. The molecule has 1 aromatic carbocycles. The van der Waals surface area contributed by atoms with E-state index in [4.69, 9.17) is 10.3 Å². The second-order valence-corrected chi connectivity index (χ2v) is 8.81. The molecule has 0 radical (unpaired) electrons. The van der Waals surface area contributed by atoms with Crippen molar-refractivity contribution in [2.75, 3.05) is 12.0 Å². The van der Waals surface area contributed by atoms with Crippen LogP contribution >= 0.6 is 0 Å². The quantitative estimate of drug-likeness (QED) is 0.208. The molecular formula is C22H15F6N5O3S. The Morgan fingerprint density at radius 1 is 0.946 bits per heavy atom. The molecule has 0 atom stereocenters. The Morgan fingerprint density at radius 3 is 2.08 bits per heavy atom. The summed E-state index contributed by atoms with van der Waals surface area (Å²) in [5.41, 5.74) is 3.72. The lowest BCUT2D eigenvalue weighted by Crippen LogP contribution is -2.13. The normalized spacial score (nSPS) is 11.9. The third-order valence-corrected chi connectivity index (χ3v) is 4.40. The second kappa shape index (κ2) is 10.1. The Balaban J connectivity index is 0.000000695. The molecule has 37 heavy (non-hydrogen) atoms. The highest BCUT2D eigenvalue weighted by Crippen LogP contribution is 2.34. The summed E-state index contributed by atoms with van der Waals surface area (Å²) < 4.78 is 106. The smallest absolute Gasteiger partial charge is 0.384 e. The number of anilines is 1. The monoisotopic (exact) mass is 543 g/mol. The minimum absolute atomic E-state index is 0.0776. The number of pyridine rings is 1. The van der Waals surface area contributed by atoms with Crippen molar-refractivity contribution in [2.24, 2.45) is 0 Å². The highest BCUT2D eigenvalue weighted by molar-refractivity contribution is 7.85. The number of rotatable bonds is 1. The van der Waals surface area contributed by atoms with Crippen molar-refractivity contribution in [3.8, 4) is 23.1 Å². The minimum atomic E-state index is -4.79. The Labute approximate surface area is 205 Å². The molecule has 3 heterocycles. The molecule has 4 rings (SSSR count). The first kappa shape index (κ1) is 27.4. The molecule has 0 saturated carbocycles. The van der Waals surface area contributed by atoms with Gasteiger partial charge in [0.1, 0.15) is 5.82 Å². The van der Waals surface area contributed by atoms with Crippen molar-refractivity contribution < 1.29 is 39.3 Å². The lowest BCUT2D eigenvalue weighted by atomic mass is 10.1. The van der Waals surface area contributed by atoms with Gasteiger partial charge in [0.2, 0.25) is 0 Å². The lowest BCUT2D eigenvalue weighted by molar-refractivity contribution is -0.142. The highest BCUT2D eigenvalue weighted by atomic mass is 32.2. The second-order valence-electron chi connectivity index (χ2n) is 7.35. The molecule has 0 aliphatic rings. The van der Waals surface area contributed by atoms with Crippen LogP contribution in [0.5, 0.6) is 0 Å². The number of alkyl halides is 6. The van der Waals surface area contributed by atoms with E-state index in [-0.39, 0.29) is 28.3 Å². The maximum atomic E-state index is 13.6. The number of benzene rings is 1. The Morgan fingerprint density at radius 2 is 1.57 bits per heavy atom. The van der Waals surface area contributed by atoms with E-state index in [0.717, 1.165) is 36.5 Å². The third kappa shape index (κ3) is 7.41. The van der Waals surface area contributed by atoms with Gasteiger partial charge in [-0.2, -0.15) is 39.9 Å². The number of halogens is 6. The molecule has 0 saturated heterocycles. The largest absolute Gasteiger partial charge is 0.433 e. The summed E-state index contributed by atoms with van der Waals surface area (Å²) in [5.74, 6) is 5.72. The molecule has 0 aliphatic carbocycles. The molecule has 0 fully saturated rings. The van der Waals surface area contributed by atoms with E-state index in [2.05, 4.69) is 26.9 Å². The fraction of sp³-hybridized carbons (Fsp3) is 0.136. The Hall–Kier alpha value is -4.16. The van der Waals surface area contributed by atoms with Crippen molar-refractivity contribution in [2.45, 2.75) is 12.4 Å². The van der Waals surface area contributed by atoms with E-state index >= 15 is 0 Å². The topological polar surface area (TPSA) is 123 Å². The first-order valence-corrected chi connectivity index (χ1v) is 11.7. The van der Waals surface area contributed by atoms with Crippen LogP contribution in [0, 0.1) is 11.8 Å². The van der Waals surface area contributed by atoms with Gasteiger partial charge >= 0.3 is 12.4 Å². The third-order valence-electron chi connectivity index (χ3n) is 4.40. The SMILES string of the molecule is CS(=O)(=O)O.Nc1ccc(C#Cc2cnn3c(C(F)(F)F)cc(-c4ccc(C(F)(F)F)cc4)nc23)cn1. The molecule has 8 nitrogen and oxygen atoms in total. The number of nitrogen functional groups attached to an aromatic ring is 1. The maximum absolute atomic E-state index is 13.6. The van der Waals surface area contributed by atoms with E-state index < -0.39 is 33.7 Å². The van der Waals surface area contributed by atoms with Crippen molar-refractivity contribution in [1.82, 2.24) is 19.6 Å². The van der Waals surface area contributed by atoms with Gasteiger partial charge in [0.05, 0.1) is 29.3 Å². The van der Waals surface area contributed by atoms with Gasteiger partial charge in [0, 0.05) is 17.3 Å². The van der Waals surface area contributed by atoms with Crippen LogP contribution in [0.3, 0.4) is 0 Å². The summed E-state index contributed by atoms with van der Waals surface area (Å²) in [6.07, 6.45) is -6.12. The zero-order chi connectivity index (χ0) is 27.6. The summed E-state index contributed by atoms with van der Waals surface area (Å²) in [6.45, 7) is 0. The molecule has 3 N–H and O–H groups in total. The van der Waals surface area contributed by atoms with Crippen LogP contribution in [0.1, 0.15) is 22.4 Å². The summed E-state index contributed by atoms with van der Waals surface area (Å²) in [5, 5.41) is 3.74. The number of aromatic nitrogens is 4. The van der Waals surface area contributed by atoms with Crippen molar-refractivity contribution >= 4 is 21.6 Å². The molecule has 3 aromatic heterocycles. The molecule has 15 heteroatoms. The van der Waals surface area contributed by atoms with Crippen LogP contribution in [0.4, 0.5) is 32.2 Å². The van der Waals surface area contributed by atoms with Crippen molar-refractivity contribution in [3.05, 3.63) is 77.2 Å². The maximum Gasteiger partial charge on any atom is 0.433 e. The lowest BCUT2D eigenvalue weighted by Gasteiger charge is -2.12. The Bertz CT molecular complexity index is 1580. The van der Waals surface area contributed by atoms with E-state index in [1.165, 1.54) is 12.3 Å². The number of nitrogens with zero attached hydrogens (tertiary/aromatic N) is 4. The zero-order valence-corrected chi connectivity index (χ0v) is 19.3. The van der Waals surface area contributed by atoms with Gasteiger partial charge in [-0.25, -0.2) is 14.5 Å². The minimum Gasteiger partial charge on any atom is -0.384 e. The summed E-state index contributed by atoms with van der Waals surface area (Å²) in [4.78, 5) is 8.05. The van der Waals surface area contributed by atoms with Gasteiger partial charge in [-0.3, -0.25) is 4.55 Å². The predicted octanol–water partition coefficient (Wildman–Crippen LogP) is 4.31. The van der Waals surface area contributed by atoms with E-state index in [0.29, 0.717) is 16.3 Å². The van der Waals surface area contributed by atoms with Gasteiger partial charge in [-0.15, -0.1) is 0 Å². The van der Waals surface area contributed by atoms with Crippen LogP contribution < -0.4 is 5.73 Å². The van der Waals surface area contributed by atoms with E-state index in [1.54, 1.807) is 6.07 Å². The van der Waals surface area contributed by atoms with Gasteiger partial charge in [-0.1, -0.05) is 24.0 Å². The van der Waals surface area contributed by atoms with Crippen molar-refractivity contribution in [3.63, 3.8) is 0 Å². The predicted molar refractivity (Wildman–Crippen MR) is 121 cm³/mol. The van der Waals surface area contributed by atoms with E-state index in [9.17, 15) is 34.8 Å². The molecule has 0 spiro atoms. The first-order valence-electron chi connectivity index (χ1n) is 9.82. The van der Waals surface area contributed by atoms with E-state index in [1.807, 2.05) is 0 Å². The summed E-state index contributed by atoms with van der Waals surface area (Å²) in [7, 11) is -3.67. The average Bonchev–Trinajstić information content (AvgIpc) is 3.18. The zero-order valence-electron chi connectivity index (χ0n) is 18.5. The molecule has 0 unspecified atom stereocenters. The molecular weight excluding hydrogens is 528 g/mol. The Kier molecular flexibility index (Phi) is 7.46. The van der Waals surface area contributed by atoms with Crippen LogP contribution in [-0.2, 0) is 22.5 Å². The number of hydrogen-bond donors (Lipinski definition) is 2. The first-order chi connectivity index (χ1) is 17.0.